The summed E-state index contributed by atoms with van der Waals surface area (Å²) in [5.74, 6) is -0.143. The van der Waals surface area contributed by atoms with Crippen molar-refractivity contribution in [3.63, 3.8) is 0 Å². The van der Waals surface area contributed by atoms with Gasteiger partial charge in [0, 0.05) is 13.2 Å². The minimum atomic E-state index is -3.95. The summed E-state index contributed by atoms with van der Waals surface area (Å²) < 4.78 is 56.0. The quantitative estimate of drug-likeness (QED) is 0.720. The SMILES string of the molecule is CCS(=O)(=O)c1nc(S(=O)(=O)c2ccc(C)cc2)c(NCC2CCCO2)s1. The van der Waals surface area contributed by atoms with Gasteiger partial charge in [0.15, 0.2) is 5.03 Å². The summed E-state index contributed by atoms with van der Waals surface area (Å²) in [6.07, 6.45) is 1.82. The zero-order valence-electron chi connectivity index (χ0n) is 15.1. The first-order valence-electron chi connectivity index (χ1n) is 8.65. The maximum absolute atomic E-state index is 13.1. The number of hydrogen-bond acceptors (Lipinski definition) is 8. The van der Waals surface area contributed by atoms with Gasteiger partial charge in [0.25, 0.3) is 0 Å². The van der Waals surface area contributed by atoms with Crippen LogP contribution in [-0.4, -0.2) is 46.8 Å². The van der Waals surface area contributed by atoms with E-state index in [-0.39, 0.29) is 31.1 Å². The molecule has 1 fully saturated rings. The highest BCUT2D eigenvalue weighted by atomic mass is 32.2. The second-order valence-electron chi connectivity index (χ2n) is 6.35. The van der Waals surface area contributed by atoms with Crippen LogP contribution in [0.3, 0.4) is 0 Å². The van der Waals surface area contributed by atoms with Crippen molar-refractivity contribution in [2.75, 3.05) is 24.2 Å². The first-order valence-corrected chi connectivity index (χ1v) is 12.6. The van der Waals surface area contributed by atoms with E-state index < -0.39 is 19.7 Å². The van der Waals surface area contributed by atoms with Gasteiger partial charge in [-0.15, -0.1) is 0 Å². The Bertz CT molecular complexity index is 1010. The maximum atomic E-state index is 13.1. The Morgan fingerprint density at radius 3 is 2.52 bits per heavy atom. The fourth-order valence-corrected chi connectivity index (χ4v) is 6.68. The van der Waals surface area contributed by atoms with Crippen molar-refractivity contribution >= 4 is 36.0 Å². The molecule has 7 nitrogen and oxygen atoms in total. The van der Waals surface area contributed by atoms with Gasteiger partial charge in [-0.05, 0) is 31.9 Å². The molecule has 27 heavy (non-hydrogen) atoms. The highest BCUT2D eigenvalue weighted by Gasteiger charge is 2.30. The Morgan fingerprint density at radius 1 is 1.22 bits per heavy atom. The van der Waals surface area contributed by atoms with Gasteiger partial charge >= 0.3 is 0 Å². The first-order chi connectivity index (χ1) is 12.7. The van der Waals surface area contributed by atoms with E-state index in [4.69, 9.17) is 4.74 Å². The topological polar surface area (TPSA) is 102 Å². The normalized spacial score (nSPS) is 17.9. The average Bonchev–Trinajstić information content (AvgIpc) is 3.30. The van der Waals surface area contributed by atoms with Gasteiger partial charge < -0.3 is 10.1 Å². The molecule has 1 aliphatic rings. The molecule has 1 aromatic heterocycles. The van der Waals surface area contributed by atoms with Crippen molar-refractivity contribution in [3.05, 3.63) is 29.8 Å². The number of sulfone groups is 2. The Kier molecular flexibility index (Phi) is 5.90. The molecule has 10 heteroatoms. The molecule has 0 aliphatic carbocycles. The number of aryl methyl sites for hydroxylation is 1. The summed E-state index contributed by atoms with van der Waals surface area (Å²) >= 11 is 0.854. The number of thiazole rings is 1. The molecule has 1 saturated heterocycles. The number of rotatable bonds is 7. The molecule has 2 heterocycles. The van der Waals surface area contributed by atoms with Gasteiger partial charge in [-0.3, -0.25) is 0 Å². The van der Waals surface area contributed by atoms with Gasteiger partial charge in [0.1, 0.15) is 5.00 Å². The third kappa shape index (κ3) is 4.34. The maximum Gasteiger partial charge on any atom is 0.226 e. The molecular formula is C17H22N2O5S3. The highest BCUT2D eigenvalue weighted by Crippen LogP contribution is 2.35. The summed E-state index contributed by atoms with van der Waals surface area (Å²) in [6, 6.07) is 6.40. The predicted molar refractivity (Wildman–Crippen MR) is 104 cm³/mol. The molecule has 0 amide bonds. The Morgan fingerprint density at radius 2 is 1.93 bits per heavy atom. The smallest absolute Gasteiger partial charge is 0.226 e. The number of aromatic nitrogens is 1. The lowest BCUT2D eigenvalue weighted by molar-refractivity contribution is 0.120. The van der Waals surface area contributed by atoms with Gasteiger partial charge in [-0.1, -0.05) is 36.0 Å². The number of benzene rings is 1. The van der Waals surface area contributed by atoms with E-state index in [0.29, 0.717) is 13.2 Å². The van der Waals surface area contributed by atoms with E-state index in [0.717, 1.165) is 29.7 Å². The zero-order valence-corrected chi connectivity index (χ0v) is 17.6. The van der Waals surface area contributed by atoms with Crippen molar-refractivity contribution in [3.8, 4) is 0 Å². The van der Waals surface area contributed by atoms with Crippen LogP contribution in [0, 0.1) is 6.92 Å². The molecule has 0 bridgehead atoms. The van der Waals surface area contributed by atoms with Crippen LogP contribution in [0.1, 0.15) is 25.3 Å². The van der Waals surface area contributed by atoms with Crippen molar-refractivity contribution in [2.45, 2.75) is 47.1 Å². The van der Waals surface area contributed by atoms with Crippen LogP contribution in [0.25, 0.3) is 0 Å². The van der Waals surface area contributed by atoms with E-state index in [9.17, 15) is 16.8 Å². The average molecular weight is 431 g/mol. The molecule has 1 unspecified atom stereocenters. The minimum absolute atomic E-state index is 0.0201. The van der Waals surface area contributed by atoms with Crippen LogP contribution in [0.5, 0.6) is 0 Å². The molecule has 0 saturated carbocycles. The fraction of sp³-hybridized carbons (Fsp3) is 0.471. The van der Waals surface area contributed by atoms with Crippen LogP contribution < -0.4 is 5.32 Å². The lowest BCUT2D eigenvalue weighted by Gasteiger charge is -2.11. The summed E-state index contributed by atoms with van der Waals surface area (Å²) in [5, 5.41) is 3.03. The molecule has 148 valence electrons. The number of nitrogens with zero attached hydrogens (tertiary/aromatic N) is 1. The van der Waals surface area contributed by atoms with E-state index >= 15 is 0 Å². The number of nitrogens with one attached hydrogen (secondary N) is 1. The summed E-state index contributed by atoms with van der Waals surface area (Å²) in [4.78, 5) is 4.09. The predicted octanol–water partition coefficient (Wildman–Crippen LogP) is 2.67. The van der Waals surface area contributed by atoms with Gasteiger partial charge in [0.05, 0.1) is 16.8 Å². The third-order valence-corrected chi connectivity index (χ3v) is 9.35. The van der Waals surface area contributed by atoms with Crippen molar-refractivity contribution in [2.24, 2.45) is 0 Å². The molecule has 0 radical (unpaired) electrons. The molecule has 1 aromatic carbocycles. The van der Waals surface area contributed by atoms with Gasteiger partial charge in [-0.25, -0.2) is 21.8 Å². The summed E-state index contributed by atoms with van der Waals surface area (Å²) in [5.41, 5.74) is 0.929. The van der Waals surface area contributed by atoms with Crippen molar-refractivity contribution in [1.82, 2.24) is 4.98 Å². The van der Waals surface area contributed by atoms with Crippen molar-refractivity contribution < 1.29 is 21.6 Å². The van der Waals surface area contributed by atoms with Crippen LogP contribution >= 0.6 is 11.3 Å². The number of anilines is 1. The minimum Gasteiger partial charge on any atom is -0.376 e. The standard InChI is InChI=1S/C17H22N2O5S3/c1-3-26(20,21)17-19-16(15(25-17)18-11-13-5-4-10-24-13)27(22,23)14-8-6-12(2)7-9-14/h6-9,13,18H,3-5,10-11H2,1-2H3. The number of ether oxygens (including phenoxy) is 1. The van der Waals surface area contributed by atoms with Crippen LogP contribution in [0.2, 0.25) is 0 Å². The van der Waals surface area contributed by atoms with Crippen molar-refractivity contribution in [1.29, 1.82) is 0 Å². The molecule has 3 rings (SSSR count). The lowest BCUT2D eigenvalue weighted by Crippen LogP contribution is -2.19. The second-order valence-corrected chi connectivity index (χ2v) is 11.7. The highest BCUT2D eigenvalue weighted by molar-refractivity contribution is 7.94. The molecule has 2 aromatic rings. The zero-order chi connectivity index (χ0) is 19.7. The molecule has 1 aliphatic heterocycles. The van der Waals surface area contributed by atoms with Gasteiger partial charge in [-0.2, -0.15) is 0 Å². The molecule has 0 spiro atoms. The largest absolute Gasteiger partial charge is 0.376 e. The first kappa shape index (κ1) is 20.2. The number of hydrogen-bond donors (Lipinski definition) is 1. The molecule has 1 atom stereocenters. The Balaban J connectivity index is 2.01. The summed E-state index contributed by atoms with van der Waals surface area (Å²) in [7, 11) is -7.56. The van der Waals surface area contributed by atoms with Crippen LogP contribution in [0.15, 0.2) is 38.5 Å². The van der Waals surface area contributed by atoms with Crippen LogP contribution in [-0.2, 0) is 24.4 Å². The van der Waals surface area contributed by atoms with Crippen LogP contribution in [0.4, 0.5) is 5.00 Å². The van der Waals surface area contributed by atoms with Gasteiger partial charge in [0.2, 0.25) is 24.0 Å². The van der Waals surface area contributed by atoms with E-state index in [1.807, 2.05) is 6.92 Å². The summed E-state index contributed by atoms with van der Waals surface area (Å²) in [6.45, 7) is 4.45. The van der Waals surface area contributed by atoms with E-state index in [1.54, 1.807) is 12.1 Å². The second kappa shape index (κ2) is 7.86. The third-order valence-electron chi connectivity index (χ3n) is 4.32. The molecule has 1 N–H and O–H groups in total. The monoisotopic (exact) mass is 430 g/mol. The Hall–Kier alpha value is -1.49. The lowest BCUT2D eigenvalue weighted by atomic mass is 10.2. The molecular weight excluding hydrogens is 408 g/mol. The van der Waals surface area contributed by atoms with E-state index in [2.05, 4.69) is 10.3 Å². The fourth-order valence-electron chi connectivity index (χ4n) is 2.68. The van der Waals surface area contributed by atoms with E-state index in [1.165, 1.54) is 19.1 Å². The Labute approximate surface area is 163 Å².